The fourth-order valence-corrected chi connectivity index (χ4v) is 2.92. The molecule has 0 spiro atoms. The molecular formula is C21H28BNO4. The Morgan fingerprint density at radius 1 is 1.30 bits per heavy atom. The molecule has 1 N–H and O–H groups in total. The monoisotopic (exact) mass is 369 g/mol. The zero-order valence-electron chi connectivity index (χ0n) is 16.4. The third-order valence-corrected chi connectivity index (χ3v) is 4.15. The molecule has 0 unspecified atom stereocenters. The Balaban J connectivity index is 2.00. The van der Waals surface area contributed by atoms with Crippen molar-refractivity contribution in [3.63, 3.8) is 0 Å². The van der Waals surface area contributed by atoms with E-state index in [0.29, 0.717) is 11.9 Å². The number of benzene rings is 1. The number of amides is 1. The molecule has 27 heavy (non-hydrogen) atoms. The minimum atomic E-state index is -0.794. The Labute approximate surface area is 162 Å². The average Bonchev–Trinajstić information content (AvgIpc) is 3.05. The van der Waals surface area contributed by atoms with Gasteiger partial charge in [0.25, 0.3) is 0 Å². The van der Waals surface area contributed by atoms with Gasteiger partial charge in [-0.2, -0.15) is 0 Å². The van der Waals surface area contributed by atoms with Gasteiger partial charge in [0.15, 0.2) is 0 Å². The molecule has 1 atom stereocenters. The van der Waals surface area contributed by atoms with Crippen LogP contribution in [0.15, 0.2) is 30.3 Å². The lowest BCUT2D eigenvalue weighted by atomic mass is 9.94. The van der Waals surface area contributed by atoms with Crippen LogP contribution in [0.3, 0.4) is 0 Å². The molecule has 2 radical (unpaired) electrons. The molecule has 144 valence electrons. The highest BCUT2D eigenvalue weighted by atomic mass is 16.6. The molecule has 0 aliphatic heterocycles. The summed E-state index contributed by atoms with van der Waals surface area (Å²) in [7, 11) is 5.77. The van der Waals surface area contributed by atoms with E-state index in [4.69, 9.17) is 17.3 Å². The largest absolute Gasteiger partial charge is 0.461 e. The first kappa shape index (κ1) is 21.1. The standard InChI is InChI=1S/C21H28BNO4/c1-21(2,3)27-20(25)23-18(19(24)26-17-11-4-5-12-17)13-7-9-15-8-6-10-16(22)14-15/h6-10,14,17-18H,4-5,11-13H2,1-3H3,(H,23,25)/b9-7+/t18-/m0/s1. The van der Waals surface area contributed by atoms with Crippen LogP contribution in [0.2, 0.25) is 0 Å². The quantitative estimate of drug-likeness (QED) is 0.618. The van der Waals surface area contributed by atoms with Crippen LogP contribution in [-0.4, -0.2) is 37.7 Å². The molecule has 1 fully saturated rings. The first-order valence-electron chi connectivity index (χ1n) is 9.45. The van der Waals surface area contributed by atoms with Gasteiger partial charge in [0, 0.05) is 0 Å². The summed E-state index contributed by atoms with van der Waals surface area (Å²) in [6, 6.07) is 6.63. The topological polar surface area (TPSA) is 64.6 Å². The van der Waals surface area contributed by atoms with Crippen LogP contribution < -0.4 is 10.8 Å². The molecule has 1 aromatic carbocycles. The van der Waals surface area contributed by atoms with Crippen molar-refractivity contribution < 1.29 is 19.1 Å². The zero-order valence-corrected chi connectivity index (χ0v) is 16.4. The molecule has 1 aliphatic rings. The van der Waals surface area contributed by atoms with Gasteiger partial charge in [-0.15, -0.1) is 0 Å². The van der Waals surface area contributed by atoms with Crippen molar-refractivity contribution in [2.75, 3.05) is 0 Å². The predicted molar refractivity (Wildman–Crippen MR) is 107 cm³/mol. The Hall–Kier alpha value is -2.24. The molecule has 1 aliphatic carbocycles. The minimum absolute atomic E-state index is 0.0571. The van der Waals surface area contributed by atoms with Crippen LogP contribution in [0, 0.1) is 0 Å². The Morgan fingerprint density at radius 3 is 2.63 bits per heavy atom. The fourth-order valence-electron chi connectivity index (χ4n) is 2.92. The van der Waals surface area contributed by atoms with Crippen molar-refractivity contribution >= 4 is 31.4 Å². The summed E-state index contributed by atoms with van der Waals surface area (Å²) in [6.07, 6.45) is 7.20. The molecule has 0 saturated heterocycles. The maximum Gasteiger partial charge on any atom is 0.408 e. The Bertz CT molecular complexity index is 675. The summed E-state index contributed by atoms with van der Waals surface area (Å²) in [5.41, 5.74) is 0.956. The van der Waals surface area contributed by atoms with Gasteiger partial charge in [0.1, 0.15) is 25.6 Å². The molecule has 1 amide bonds. The van der Waals surface area contributed by atoms with Crippen molar-refractivity contribution in [1.29, 1.82) is 0 Å². The Morgan fingerprint density at radius 2 is 2.00 bits per heavy atom. The number of carbonyl (C=O) groups is 2. The third-order valence-electron chi connectivity index (χ3n) is 4.15. The summed E-state index contributed by atoms with van der Waals surface area (Å²) >= 11 is 0. The smallest absolute Gasteiger partial charge is 0.408 e. The number of hydrogen-bond acceptors (Lipinski definition) is 4. The summed E-state index contributed by atoms with van der Waals surface area (Å²) in [5, 5.41) is 2.63. The van der Waals surface area contributed by atoms with Gasteiger partial charge in [-0.25, -0.2) is 9.59 Å². The van der Waals surface area contributed by atoms with E-state index in [-0.39, 0.29) is 6.10 Å². The normalized spacial score (nSPS) is 16.3. The fraction of sp³-hybridized carbons (Fsp3) is 0.524. The van der Waals surface area contributed by atoms with Crippen molar-refractivity contribution in [3.8, 4) is 0 Å². The molecule has 1 saturated carbocycles. The van der Waals surface area contributed by atoms with Gasteiger partial charge in [-0.1, -0.05) is 41.9 Å². The maximum absolute atomic E-state index is 12.6. The summed E-state index contributed by atoms with van der Waals surface area (Å²) in [4.78, 5) is 24.7. The van der Waals surface area contributed by atoms with Gasteiger partial charge in [0.05, 0.1) is 0 Å². The van der Waals surface area contributed by atoms with Crippen LogP contribution in [-0.2, 0) is 14.3 Å². The predicted octanol–water partition coefficient (Wildman–Crippen LogP) is 3.26. The van der Waals surface area contributed by atoms with E-state index in [1.807, 2.05) is 36.4 Å². The van der Waals surface area contributed by atoms with Crippen molar-refractivity contribution in [2.24, 2.45) is 0 Å². The molecule has 0 aromatic heterocycles. The second-order valence-corrected chi connectivity index (χ2v) is 7.85. The minimum Gasteiger partial charge on any atom is -0.461 e. The highest BCUT2D eigenvalue weighted by Crippen LogP contribution is 2.21. The molecule has 6 heteroatoms. The van der Waals surface area contributed by atoms with E-state index in [1.54, 1.807) is 20.8 Å². The summed E-state index contributed by atoms with van der Waals surface area (Å²) in [5.74, 6) is -0.426. The van der Waals surface area contributed by atoms with Crippen LogP contribution in [0.1, 0.15) is 58.4 Å². The number of carbonyl (C=O) groups excluding carboxylic acids is 2. The lowest BCUT2D eigenvalue weighted by molar-refractivity contribution is -0.151. The lowest BCUT2D eigenvalue weighted by Gasteiger charge is -2.23. The molecule has 0 bridgehead atoms. The van der Waals surface area contributed by atoms with E-state index < -0.39 is 23.7 Å². The van der Waals surface area contributed by atoms with Crippen molar-refractivity contribution in [3.05, 3.63) is 35.9 Å². The lowest BCUT2D eigenvalue weighted by Crippen LogP contribution is -2.44. The van der Waals surface area contributed by atoms with Gasteiger partial charge in [-0.3, -0.25) is 0 Å². The van der Waals surface area contributed by atoms with Crippen LogP contribution in [0.25, 0.3) is 6.08 Å². The number of rotatable bonds is 6. The van der Waals surface area contributed by atoms with Crippen LogP contribution in [0.5, 0.6) is 0 Å². The first-order chi connectivity index (χ1) is 12.7. The van der Waals surface area contributed by atoms with E-state index in [9.17, 15) is 9.59 Å². The van der Waals surface area contributed by atoms with Crippen molar-refractivity contribution in [2.45, 2.75) is 70.6 Å². The second-order valence-electron chi connectivity index (χ2n) is 7.85. The third kappa shape index (κ3) is 7.89. The maximum atomic E-state index is 12.6. The van der Waals surface area contributed by atoms with Gasteiger partial charge >= 0.3 is 12.1 Å². The number of hydrogen-bond donors (Lipinski definition) is 1. The van der Waals surface area contributed by atoms with E-state index in [2.05, 4.69) is 5.32 Å². The van der Waals surface area contributed by atoms with Gasteiger partial charge < -0.3 is 14.8 Å². The summed E-state index contributed by atoms with van der Waals surface area (Å²) in [6.45, 7) is 5.33. The number of alkyl carbamates (subject to hydrolysis) is 1. The number of nitrogens with one attached hydrogen (secondary N) is 1. The van der Waals surface area contributed by atoms with Crippen molar-refractivity contribution in [1.82, 2.24) is 5.32 Å². The molecule has 2 rings (SSSR count). The Kier molecular flexibility index (Phi) is 7.51. The number of esters is 1. The molecule has 5 nitrogen and oxygen atoms in total. The summed E-state index contributed by atoms with van der Waals surface area (Å²) < 4.78 is 10.8. The molecule has 1 aromatic rings. The average molecular weight is 369 g/mol. The highest BCUT2D eigenvalue weighted by Gasteiger charge is 2.27. The highest BCUT2D eigenvalue weighted by molar-refractivity contribution is 6.32. The SMILES string of the molecule is [B]c1cccc(/C=C/C[C@H](NC(=O)OC(C)(C)C)C(=O)OC2CCCC2)c1. The zero-order chi connectivity index (χ0) is 19.9. The van der Waals surface area contributed by atoms with E-state index in [1.165, 1.54) is 0 Å². The van der Waals surface area contributed by atoms with E-state index in [0.717, 1.165) is 31.2 Å². The number of ether oxygens (including phenoxy) is 2. The molecule has 0 heterocycles. The second kappa shape index (κ2) is 9.63. The molecular weight excluding hydrogens is 341 g/mol. The van der Waals surface area contributed by atoms with E-state index >= 15 is 0 Å². The van der Waals surface area contributed by atoms with Gasteiger partial charge in [-0.05, 0) is 58.4 Å². The van der Waals surface area contributed by atoms with Crippen LogP contribution in [0.4, 0.5) is 4.79 Å². The first-order valence-corrected chi connectivity index (χ1v) is 9.45. The van der Waals surface area contributed by atoms with Crippen LogP contribution >= 0.6 is 0 Å². The van der Waals surface area contributed by atoms with Gasteiger partial charge in [0.2, 0.25) is 0 Å².